The van der Waals surface area contributed by atoms with Crippen molar-refractivity contribution in [3.63, 3.8) is 0 Å². The van der Waals surface area contributed by atoms with Crippen LogP contribution in [0.1, 0.15) is 14.3 Å². The minimum absolute atomic E-state index is 0. The van der Waals surface area contributed by atoms with Crippen LogP contribution in [0.4, 0.5) is 0 Å². The summed E-state index contributed by atoms with van der Waals surface area (Å²) in [5, 5.41) is 0. The standard InChI is InChI=1S/C6H14O6S4.Na.H/c7-15(8,9)5-1-3-13-14-4-2-6-16(10,11)12;;/h1-6H2,(H,7,8,9)(H,10,11,12);;/q;+1;-1. The van der Waals surface area contributed by atoms with Gasteiger partial charge in [-0.15, -0.1) is 0 Å². The summed E-state index contributed by atoms with van der Waals surface area (Å²) in [4.78, 5) is 0. The summed E-state index contributed by atoms with van der Waals surface area (Å²) in [5.41, 5.74) is 0. The van der Waals surface area contributed by atoms with Crippen molar-refractivity contribution in [2.45, 2.75) is 12.8 Å². The van der Waals surface area contributed by atoms with Gasteiger partial charge in [0.1, 0.15) is 0 Å². The van der Waals surface area contributed by atoms with Crippen LogP contribution in [0, 0.1) is 0 Å². The van der Waals surface area contributed by atoms with Crippen LogP contribution in [-0.2, 0) is 20.2 Å². The van der Waals surface area contributed by atoms with E-state index in [2.05, 4.69) is 0 Å². The summed E-state index contributed by atoms with van der Waals surface area (Å²) < 4.78 is 58.1. The van der Waals surface area contributed by atoms with E-state index in [9.17, 15) is 16.8 Å². The normalized spacial score (nSPS) is 12.1. The van der Waals surface area contributed by atoms with E-state index in [1.807, 2.05) is 0 Å². The van der Waals surface area contributed by atoms with Gasteiger partial charge >= 0.3 is 29.6 Å². The molecule has 0 spiro atoms. The van der Waals surface area contributed by atoms with Crippen molar-refractivity contribution in [1.29, 1.82) is 0 Å². The van der Waals surface area contributed by atoms with Gasteiger partial charge in [0.05, 0.1) is 11.5 Å². The molecule has 0 fully saturated rings. The van der Waals surface area contributed by atoms with E-state index < -0.39 is 20.2 Å². The molecule has 0 rings (SSSR count). The fourth-order valence-electron chi connectivity index (χ4n) is 0.718. The molecule has 2 N–H and O–H groups in total. The van der Waals surface area contributed by atoms with E-state index in [0.29, 0.717) is 24.3 Å². The van der Waals surface area contributed by atoms with Gasteiger partial charge in [0.25, 0.3) is 20.2 Å². The van der Waals surface area contributed by atoms with Crippen LogP contribution in [0.2, 0.25) is 0 Å². The first kappa shape index (κ1) is 20.8. The second-order valence-electron chi connectivity index (χ2n) is 2.92. The Morgan fingerprint density at radius 2 is 1.12 bits per heavy atom. The predicted octanol–water partition coefficient (Wildman–Crippen LogP) is -1.96. The molecule has 0 amide bonds. The van der Waals surface area contributed by atoms with E-state index in [0.717, 1.165) is 0 Å². The Balaban J connectivity index is -0.00000112. The molecule has 6 nitrogen and oxygen atoms in total. The van der Waals surface area contributed by atoms with Crippen LogP contribution in [0.3, 0.4) is 0 Å². The van der Waals surface area contributed by atoms with Gasteiger partial charge in [-0.2, -0.15) is 16.8 Å². The Hall–Kier alpha value is 1.52. The van der Waals surface area contributed by atoms with Crippen LogP contribution < -0.4 is 29.6 Å². The third-order valence-electron chi connectivity index (χ3n) is 1.34. The first-order valence-corrected chi connectivity index (χ1v) is 10.1. The number of rotatable bonds is 9. The van der Waals surface area contributed by atoms with Crippen molar-refractivity contribution in [3.8, 4) is 0 Å². The maximum Gasteiger partial charge on any atom is 1.00 e. The van der Waals surface area contributed by atoms with E-state index >= 15 is 0 Å². The summed E-state index contributed by atoms with van der Waals surface area (Å²) in [6.45, 7) is 0. The topological polar surface area (TPSA) is 109 Å². The van der Waals surface area contributed by atoms with Crippen LogP contribution in [0.5, 0.6) is 0 Å². The Kier molecular flexibility index (Phi) is 12.7. The average Bonchev–Trinajstić information content (AvgIpc) is 2.06. The van der Waals surface area contributed by atoms with Crippen LogP contribution in [0.25, 0.3) is 0 Å². The molecular formula is C6H15NaO6S4. The van der Waals surface area contributed by atoms with Crippen molar-refractivity contribution in [3.05, 3.63) is 0 Å². The molecule has 0 aromatic rings. The number of hydrogen-bond donors (Lipinski definition) is 2. The molecule has 0 aromatic carbocycles. The Labute approximate surface area is 133 Å². The third kappa shape index (κ3) is 20.0. The summed E-state index contributed by atoms with van der Waals surface area (Å²) in [6.07, 6.45) is 0.712. The molecule has 0 saturated carbocycles. The zero-order valence-electron chi connectivity index (χ0n) is 10.4. The quantitative estimate of drug-likeness (QED) is 0.217. The first-order valence-electron chi connectivity index (χ1n) is 4.35. The number of hydrogen-bond acceptors (Lipinski definition) is 6. The van der Waals surface area contributed by atoms with Crippen molar-refractivity contribution < 1.29 is 56.9 Å². The largest absolute Gasteiger partial charge is 1.00 e. The van der Waals surface area contributed by atoms with Gasteiger partial charge in [-0.1, -0.05) is 21.6 Å². The minimum Gasteiger partial charge on any atom is -1.00 e. The van der Waals surface area contributed by atoms with Crippen molar-refractivity contribution in [2.75, 3.05) is 23.0 Å². The fraction of sp³-hybridized carbons (Fsp3) is 1.00. The Morgan fingerprint density at radius 1 is 0.824 bits per heavy atom. The van der Waals surface area contributed by atoms with E-state index in [-0.39, 0.29) is 42.5 Å². The van der Waals surface area contributed by atoms with Crippen molar-refractivity contribution >= 4 is 41.8 Å². The van der Waals surface area contributed by atoms with Crippen LogP contribution in [0.15, 0.2) is 0 Å². The second-order valence-corrected chi connectivity index (χ2v) is 8.77. The van der Waals surface area contributed by atoms with E-state index in [4.69, 9.17) is 9.11 Å². The molecule has 0 heterocycles. The Bertz CT molecular complexity index is 345. The summed E-state index contributed by atoms with van der Waals surface area (Å²) in [7, 11) is -4.93. The summed E-state index contributed by atoms with van der Waals surface area (Å²) in [6, 6.07) is 0. The zero-order chi connectivity index (χ0) is 12.7. The van der Waals surface area contributed by atoms with Crippen molar-refractivity contribution in [1.82, 2.24) is 0 Å². The minimum atomic E-state index is -3.88. The molecule has 0 bridgehead atoms. The molecule has 0 aliphatic carbocycles. The van der Waals surface area contributed by atoms with Gasteiger partial charge < -0.3 is 1.43 Å². The molecule has 11 heteroatoms. The van der Waals surface area contributed by atoms with Gasteiger partial charge in [-0.25, -0.2) is 0 Å². The molecule has 0 aliphatic rings. The molecule has 0 unspecified atom stereocenters. The summed E-state index contributed by atoms with van der Waals surface area (Å²) in [5.74, 6) is 0.615. The monoisotopic (exact) mass is 334 g/mol. The first-order chi connectivity index (χ1) is 7.21. The Morgan fingerprint density at radius 3 is 1.35 bits per heavy atom. The van der Waals surface area contributed by atoms with Gasteiger partial charge in [0.2, 0.25) is 0 Å². The molecule has 0 aromatic heterocycles. The van der Waals surface area contributed by atoms with Gasteiger partial charge in [0.15, 0.2) is 0 Å². The molecule has 0 radical (unpaired) electrons. The van der Waals surface area contributed by atoms with E-state index in [1.165, 1.54) is 21.6 Å². The van der Waals surface area contributed by atoms with Gasteiger partial charge in [-0.3, -0.25) is 9.11 Å². The van der Waals surface area contributed by atoms with Crippen molar-refractivity contribution in [2.24, 2.45) is 0 Å². The van der Waals surface area contributed by atoms with Crippen LogP contribution in [-0.4, -0.2) is 49.0 Å². The molecule has 100 valence electrons. The van der Waals surface area contributed by atoms with Gasteiger partial charge in [0, 0.05) is 11.5 Å². The fourth-order valence-corrected chi connectivity index (χ4v) is 4.28. The third-order valence-corrected chi connectivity index (χ3v) is 5.53. The molecular weight excluding hydrogens is 319 g/mol. The molecule has 0 aliphatic heterocycles. The molecule has 0 saturated heterocycles. The zero-order valence-corrected chi connectivity index (χ0v) is 14.7. The predicted molar refractivity (Wildman–Crippen MR) is 68.1 cm³/mol. The molecule has 17 heavy (non-hydrogen) atoms. The average molecular weight is 334 g/mol. The van der Waals surface area contributed by atoms with Gasteiger partial charge in [-0.05, 0) is 12.8 Å². The SMILES string of the molecule is O=S(=O)(O)CCCSSCCCS(=O)(=O)O.[H-].[Na+]. The smallest absolute Gasteiger partial charge is 1.00 e. The summed E-state index contributed by atoms with van der Waals surface area (Å²) >= 11 is 0. The van der Waals surface area contributed by atoms with E-state index in [1.54, 1.807) is 0 Å². The maximum atomic E-state index is 10.3. The maximum absolute atomic E-state index is 10.3. The van der Waals surface area contributed by atoms with Crippen LogP contribution >= 0.6 is 21.6 Å². The molecule has 0 atom stereocenters. The second kappa shape index (κ2) is 10.3.